The van der Waals surface area contributed by atoms with Crippen molar-refractivity contribution in [3.05, 3.63) is 35.4 Å². The van der Waals surface area contributed by atoms with E-state index in [1.54, 1.807) is 0 Å². The summed E-state index contributed by atoms with van der Waals surface area (Å²) < 4.78 is 0. The Bertz CT molecular complexity index is 481. The Morgan fingerprint density at radius 2 is 2.00 bits per heavy atom. The Labute approximate surface area is 141 Å². The Hall–Kier alpha value is -1.55. The van der Waals surface area contributed by atoms with E-state index in [1.807, 2.05) is 0 Å². The van der Waals surface area contributed by atoms with Crippen LogP contribution < -0.4 is 10.6 Å². The number of likely N-dealkylation sites (tertiary alicyclic amines) is 1. The molecular formula is C19H32N4. The molecule has 4 nitrogen and oxygen atoms in total. The Kier molecular flexibility index (Phi) is 7.40. The second-order valence-electron chi connectivity index (χ2n) is 6.52. The molecule has 0 aliphatic carbocycles. The van der Waals surface area contributed by atoms with Crippen LogP contribution in [0.5, 0.6) is 0 Å². The van der Waals surface area contributed by atoms with Crippen molar-refractivity contribution in [2.24, 2.45) is 10.9 Å². The van der Waals surface area contributed by atoms with E-state index >= 15 is 0 Å². The minimum atomic E-state index is 0.724. The molecule has 0 bridgehead atoms. The normalized spacial score (nSPS) is 19.1. The average Bonchev–Trinajstić information content (AvgIpc) is 3.00. The maximum atomic E-state index is 4.71. The van der Waals surface area contributed by atoms with Crippen LogP contribution >= 0.6 is 0 Å². The third-order valence-corrected chi connectivity index (χ3v) is 4.35. The molecule has 0 aromatic heterocycles. The first-order chi connectivity index (χ1) is 11.2. The summed E-state index contributed by atoms with van der Waals surface area (Å²) in [6, 6.07) is 8.60. The Morgan fingerprint density at radius 3 is 2.70 bits per heavy atom. The molecule has 1 aromatic rings. The third-order valence-electron chi connectivity index (χ3n) is 4.35. The smallest absolute Gasteiger partial charge is 0.191 e. The van der Waals surface area contributed by atoms with Crippen LogP contribution in [0.2, 0.25) is 0 Å². The zero-order valence-electron chi connectivity index (χ0n) is 14.9. The molecule has 0 amide bonds. The summed E-state index contributed by atoms with van der Waals surface area (Å²) in [5, 5.41) is 6.87. The number of aryl methyl sites for hydroxylation is 1. The molecule has 1 unspecified atom stereocenters. The molecule has 4 heteroatoms. The van der Waals surface area contributed by atoms with Crippen LogP contribution in [0.3, 0.4) is 0 Å². The summed E-state index contributed by atoms with van der Waals surface area (Å²) in [4.78, 5) is 7.28. The van der Waals surface area contributed by atoms with Gasteiger partial charge in [-0.1, -0.05) is 36.8 Å². The lowest BCUT2D eigenvalue weighted by Crippen LogP contribution is -2.40. The van der Waals surface area contributed by atoms with Gasteiger partial charge < -0.3 is 15.5 Å². The van der Waals surface area contributed by atoms with E-state index in [0.717, 1.165) is 31.5 Å². The predicted octanol–water partition coefficient (Wildman–Crippen LogP) is 2.78. The van der Waals surface area contributed by atoms with Gasteiger partial charge in [-0.05, 0) is 51.3 Å². The van der Waals surface area contributed by atoms with Crippen LogP contribution in [0.25, 0.3) is 0 Å². The van der Waals surface area contributed by atoms with Crippen molar-refractivity contribution in [1.82, 2.24) is 15.5 Å². The van der Waals surface area contributed by atoms with Crippen LogP contribution in [-0.4, -0.2) is 43.6 Å². The van der Waals surface area contributed by atoms with Crippen LogP contribution in [0.1, 0.15) is 37.8 Å². The lowest BCUT2D eigenvalue weighted by molar-refractivity contribution is 0.324. The lowest BCUT2D eigenvalue weighted by Gasteiger charge is -2.17. The van der Waals surface area contributed by atoms with Gasteiger partial charge in [0.1, 0.15) is 0 Å². The largest absolute Gasteiger partial charge is 0.357 e. The first-order valence-electron chi connectivity index (χ1n) is 9.01. The molecule has 1 aromatic carbocycles. The highest BCUT2D eigenvalue weighted by Gasteiger charge is 2.21. The standard InChI is InChI=1S/C19H32N4/c1-4-11-23-12-10-18(15-23)14-22-19(20-5-2)21-13-17-8-6-16(3)7-9-17/h6-9,18H,4-5,10-15H2,1-3H3,(H2,20,21,22). The van der Waals surface area contributed by atoms with Gasteiger partial charge in [-0.25, -0.2) is 4.99 Å². The maximum Gasteiger partial charge on any atom is 0.191 e. The molecule has 23 heavy (non-hydrogen) atoms. The first-order valence-corrected chi connectivity index (χ1v) is 9.01. The van der Waals surface area contributed by atoms with E-state index in [1.165, 1.54) is 43.6 Å². The van der Waals surface area contributed by atoms with E-state index < -0.39 is 0 Å². The molecule has 0 saturated carbocycles. The molecule has 1 fully saturated rings. The number of hydrogen-bond donors (Lipinski definition) is 2. The van der Waals surface area contributed by atoms with Gasteiger partial charge in [0.2, 0.25) is 0 Å². The van der Waals surface area contributed by atoms with Crippen molar-refractivity contribution in [3.8, 4) is 0 Å². The van der Waals surface area contributed by atoms with Gasteiger partial charge >= 0.3 is 0 Å². The Morgan fingerprint density at radius 1 is 1.22 bits per heavy atom. The minimum Gasteiger partial charge on any atom is -0.357 e. The van der Waals surface area contributed by atoms with Crippen molar-refractivity contribution in [2.75, 3.05) is 32.7 Å². The predicted molar refractivity (Wildman–Crippen MR) is 98.8 cm³/mol. The fourth-order valence-corrected chi connectivity index (χ4v) is 3.05. The zero-order chi connectivity index (χ0) is 16.5. The number of benzene rings is 1. The topological polar surface area (TPSA) is 39.7 Å². The zero-order valence-corrected chi connectivity index (χ0v) is 14.9. The van der Waals surface area contributed by atoms with E-state index in [2.05, 4.69) is 60.6 Å². The van der Waals surface area contributed by atoms with Crippen LogP contribution in [0.15, 0.2) is 29.3 Å². The lowest BCUT2D eigenvalue weighted by atomic mass is 10.1. The number of hydrogen-bond acceptors (Lipinski definition) is 2. The van der Waals surface area contributed by atoms with E-state index in [0.29, 0.717) is 0 Å². The van der Waals surface area contributed by atoms with Gasteiger partial charge in [0.05, 0.1) is 6.54 Å². The van der Waals surface area contributed by atoms with Crippen LogP contribution in [-0.2, 0) is 6.54 Å². The number of nitrogens with zero attached hydrogens (tertiary/aromatic N) is 2. The van der Waals surface area contributed by atoms with Gasteiger partial charge in [-0.3, -0.25) is 0 Å². The number of nitrogens with one attached hydrogen (secondary N) is 2. The van der Waals surface area contributed by atoms with Crippen LogP contribution in [0.4, 0.5) is 0 Å². The second kappa shape index (κ2) is 9.56. The second-order valence-corrected chi connectivity index (χ2v) is 6.52. The minimum absolute atomic E-state index is 0.724. The fraction of sp³-hybridized carbons (Fsp3) is 0.632. The van der Waals surface area contributed by atoms with Crippen molar-refractivity contribution in [3.63, 3.8) is 0 Å². The highest BCUT2D eigenvalue weighted by atomic mass is 15.2. The summed E-state index contributed by atoms with van der Waals surface area (Å²) in [6.45, 7) is 12.8. The van der Waals surface area contributed by atoms with Crippen molar-refractivity contribution in [2.45, 2.75) is 40.2 Å². The highest BCUT2D eigenvalue weighted by molar-refractivity contribution is 5.79. The van der Waals surface area contributed by atoms with Gasteiger partial charge in [0, 0.05) is 19.6 Å². The monoisotopic (exact) mass is 316 g/mol. The summed E-state index contributed by atoms with van der Waals surface area (Å²) in [6.07, 6.45) is 2.55. The SMILES string of the molecule is CCCN1CCC(CNC(=NCc2ccc(C)cc2)NCC)C1. The maximum absolute atomic E-state index is 4.71. The van der Waals surface area contributed by atoms with Gasteiger partial charge in [0.25, 0.3) is 0 Å². The molecule has 1 aliphatic heterocycles. The average molecular weight is 316 g/mol. The van der Waals surface area contributed by atoms with Crippen molar-refractivity contribution < 1.29 is 0 Å². The molecule has 1 saturated heterocycles. The summed E-state index contributed by atoms with van der Waals surface area (Å²) in [7, 11) is 0. The van der Waals surface area contributed by atoms with Gasteiger partial charge in [-0.2, -0.15) is 0 Å². The van der Waals surface area contributed by atoms with Crippen LogP contribution in [0, 0.1) is 12.8 Å². The molecule has 1 aliphatic rings. The number of rotatable bonds is 7. The number of guanidine groups is 1. The summed E-state index contributed by atoms with van der Waals surface area (Å²) in [5.74, 6) is 1.67. The molecule has 2 rings (SSSR count). The molecule has 0 spiro atoms. The molecule has 0 radical (unpaired) electrons. The summed E-state index contributed by atoms with van der Waals surface area (Å²) in [5.41, 5.74) is 2.54. The van der Waals surface area contributed by atoms with Crippen molar-refractivity contribution in [1.29, 1.82) is 0 Å². The van der Waals surface area contributed by atoms with Gasteiger partial charge in [0.15, 0.2) is 5.96 Å². The Balaban J connectivity index is 1.81. The highest BCUT2D eigenvalue weighted by Crippen LogP contribution is 2.15. The van der Waals surface area contributed by atoms with E-state index in [4.69, 9.17) is 4.99 Å². The third kappa shape index (κ3) is 6.22. The fourth-order valence-electron chi connectivity index (χ4n) is 3.05. The quantitative estimate of drug-likeness (QED) is 0.600. The van der Waals surface area contributed by atoms with Gasteiger partial charge in [-0.15, -0.1) is 0 Å². The molecule has 128 valence electrons. The molecular weight excluding hydrogens is 284 g/mol. The molecule has 2 N–H and O–H groups in total. The van der Waals surface area contributed by atoms with E-state index in [-0.39, 0.29) is 0 Å². The first kappa shape index (κ1) is 17.8. The molecule has 1 heterocycles. The molecule has 1 atom stereocenters. The van der Waals surface area contributed by atoms with E-state index in [9.17, 15) is 0 Å². The summed E-state index contributed by atoms with van der Waals surface area (Å²) >= 11 is 0. The number of aliphatic imine (C=N–C) groups is 1. The van der Waals surface area contributed by atoms with Crippen molar-refractivity contribution >= 4 is 5.96 Å².